The highest BCUT2D eigenvalue weighted by Gasteiger charge is 2.38. The molecule has 2 aromatic carbocycles. The number of rotatable bonds is 6. The minimum atomic E-state index is -0.397. The Labute approximate surface area is 245 Å². The maximum atomic E-state index is 13.6. The fraction of sp³-hybridized carbons (Fsp3) is 0.406. The Hall–Kier alpha value is -2.93. The first-order chi connectivity index (χ1) is 19.5. The van der Waals surface area contributed by atoms with E-state index in [1.54, 1.807) is 29.2 Å². The molecule has 3 aromatic rings. The largest absolute Gasteiger partial charge is 0.492 e. The third-order valence-corrected chi connectivity index (χ3v) is 9.13. The van der Waals surface area contributed by atoms with Crippen LogP contribution >= 0.6 is 23.2 Å². The summed E-state index contributed by atoms with van der Waals surface area (Å²) in [5.41, 5.74) is 5.59. The van der Waals surface area contributed by atoms with E-state index in [9.17, 15) is 4.79 Å². The number of nitrogens with one attached hydrogen (secondary N) is 1. The molecule has 3 unspecified atom stereocenters. The average Bonchev–Trinajstić information content (AvgIpc) is 3.36. The lowest BCUT2D eigenvalue weighted by atomic mass is 9.85. The molecule has 3 heterocycles. The summed E-state index contributed by atoms with van der Waals surface area (Å²) in [5, 5.41) is 0.537. The molecule has 0 bridgehead atoms. The Morgan fingerprint density at radius 2 is 1.73 bits per heavy atom. The van der Waals surface area contributed by atoms with E-state index >= 15 is 0 Å². The van der Waals surface area contributed by atoms with Crippen LogP contribution in [0.4, 0.5) is 4.79 Å². The fourth-order valence-corrected chi connectivity index (χ4v) is 6.53. The summed E-state index contributed by atoms with van der Waals surface area (Å²) in [5.74, 6) is 1.48. The number of aromatic amines is 1. The lowest BCUT2D eigenvalue weighted by molar-refractivity contribution is 0.135. The number of allylic oxidation sites excluding steroid dienone is 1. The van der Waals surface area contributed by atoms with Gasteiger partial charge in [0.05, 0.1) is 5.38 Å². The first-order valence-corrected chi connectivity index (χ1v) is 15.1. The number of ether oxygens (including phenoxy) is 2. The molecule has 0 spiro atoms. The quantitative estimate of drug-likeness (QED) is 0.309. The summed E-state index contributed by atoms with van der Waals surface area (Å²) in [6.07, 6.45) is 8.32. The first-order valence-electron chi connectivity index (χ1n) is 14.2. The fourth-order valence-electron chi connectivity index (χ4n) is 6.21. The molecule has 1 fully saturated rings. The monoisotopic (exact) mass is 579 g/mol. The van der Waals surface area contributed by atoms with Crippen LogP contribution in [0, 0.1) is 0 Å². The summed E-state index contributed by atoms with van der Waals surface area (Å²) in [6, 6.07) is 14.6. The van der Waals surface area contributed by atoms with Crippen molar-refractivity contribution in [3.05, 3.63) is 87.7 Å². The second-order valence-corrected chi connectivity index (χ2v) is 11.9. The number of nitrogens with zero attached hydrogens (tertiary/aromatic N) is 2. The van der Waals surface area contributed by atoms with E-state index in [1.165, 1.54) is 30.4 Å². The number of halogens is 2. The van der Waals surface area contributed by atoms with Crippen molar-refractivity contribution < 1.29 is 14.3 Å². The van der Waals surface area contributed by atoms with E-state index in [-0.39, 0.29) is 17.3 Å². The molecule has 6 rings (SSSR count). The van der Waals surface area contributed by atoms with Gasteiger partial charge in [-0.1, -0.05) is 43.2 Å². The minimum Gasteiger partial charge on any atom is -0.492 e. The number of amides is 1. The van der Waals surface area contributed by atoms with E-state index in [4.69, 9.17) is 32.7 Å². The van der Waals surface area contributed by atoms with Crippen LogP contribution in [-0.4, -0.2) is 59.0 Å². The van der Waals surface area contributed by atoms with Crippen molar-refractivity contribution in [2.24, 2.45) is 0 Å². The van der Waals surface area contributed by atoms with Gasteiger partial charge in [0.2, 0.25) is 0 Å². The highest BCUT2D eigenvalue weighted by Crippen LogP contribution is 2.44. The molecule has 0 saturated carbocycles. The van der Waals surface area contributed by atoms with Crippen molar-refractivity contribution in [3.8, 4) is 11.5 Å². The zero-order valence-corrected chi connectivity index (χ0v) is 24.3. The number of alkyl halides is 1. The van der Waals surface area contributed by atoms with Crippen LogP contribution in [0.25, 0.3) is 6.08 Å². The van der Waals surface area contributed by atoms with Crippen molar-refractivity contribution in [1.82, 2.24) is 14.8 Å². The summed E-state index contributed by atoms with van der Waals surface area (Å²) in [7, 11) is 0. The van der Waals surface area contributed by atoms with Crippen molar-refractivity contribution in [1.29, 1.82) is 0 Å². The SMILES string of the molecule is CC1c2c([nH]c3c2CCN(C(=O)Oc2ccc(Cl)cc2)C3c2ccc(OCCN3CCCCC3)cc2)C=CC1Cl. The smallest absolute Gasteiger partial charge is 0.416 e. The molecule has 3 atom stereocenters. The molecular weight excluding hydrogens is 545 g/mol. The lowest BCUT2D eigenvalue weighted by Gasteiger charge is -2.36. The Kier molecular flexibility index (Phi) is 8.10. The molecule has 1 aromatic heterocycles. The number of likely N-dealkylation sites (tertiary alicyclic amines) is 1. The molecule has 1 saturated heterocycles. The number of hydrogen-bond donors (Lipinski definition) is 1. The van der Waals surface area contributed by atoms with Crippen LogP contribution in [0.3, 0.4) is 0 Å². The van der Waals surface area contributed by atoms with Gasteiger partial charge < -0.3 is 14.5 Å². The Bertz CT molecular complexity index is 1360. The van der Waals surface area contributed by atoms with Crippen LogP contribution in [0.15, 0.2) is 54.6 Å². The maximum absolute atomic E-state index is 13.6. The lowest BCUT2D eigenvalue weighted by Crippen LogP contribution is -2.42. The van der Waals surface area contributed by atoms with Gasteiger partial charge in [-0.05, 0) is 91.5 Å². The number of H-pyrrole nitrogens is 1. The molecule has 8 heteroatoms. The van der Waals surface area contributed by atoms with Crippen molar-refractivity contribution >= 4 is 35.4 Å². The van der Waals surface area contributed by atoms with Gasteiger partial charge in [0.15, 0.2) is 0 Å². The van der Waals surface area contributed by atoms with Gasteiger partial charge in [0.25, 0.3) is 0 Å². The predicted octanol–water partition coefficient (Wildman–Crippen LogP) is 7.42. The molecule has 0 radical (unpaired) electrons. The van der Waals surface area contributed by atoms with Crippen LogP contribution in [0.1, 0.15) is 66.2 Å². The van der Waals surface area contributed by atoms with Crippen molar-refractivity contribution in [3.63, 3.8) is 0 Å². The van der Waals surface area contributed by atoms with Gasteiger partial charge in [-0.15, -0.1) is 11.6 Å². The highest BCUT2D eigenvalue weighted by atomic mass is 35.5. The molecule has 40 heavy (non-hydrogen) atoms. The Balaban J connectivity index is 1.26. The van der Waals surface area contributed by atoms with Crippen molar-refractivity contribution in [2.75, 3.05) is 32.8 Å². The van der Waals surface area contributed by atoms with Crippen LogP contribution in [-0.2, 0) is 6.42 Å². The second kappa shape index (κ2) is 11.9. The standard InChI is InChI=1S/C32H35Cl2N3O3/c1-21-27(34)13-14-28-29(21)26-15-18-37(32(38)40-25-11-7-23(33)8-12-25)31(30(26)35-28)22-5-9-24(10-6-22)39-20-19-36-16-3-2-4-17-36/h5-14,21,27,31,35H,2-4,15-20H2,1H3. The Morgan fingerprint density at radius 1 is 1.00 bits per heavy atom. The van der Waals surface area contributed by atoms with Crippen LogP contribution < -0.4 is 9.47 Å². The molecular formula is C32H35Cl2N3O3. The van der Waals surface area contributed by atoms with Gasteiger partial charge >= 0.3 is 6.09 Å². The average molecular weight is 581 g/mol. The zero-order chi connectivity index (χ0) is 27.6. The molecule has 1 amide bonds. The van der Waals surface area contributed by atoms with Gasteiger partial charge in [0, 0.05) is 35.4 Å². The molecule has 1 aliphatic carbocycles. The summed E-state index contributed by atoms with van der Waals surface area (Å²) in [6.45, 7) is 6.63. The molecule has 2 aliphatic heterocycles. The highest BCUT2D eigenvalue weighted by molar-refractivity contribution is 6.30. The second-order valence-electron chi connectivity index (χ2n) is 10.9. The minimum absolute atomic E-state index is 0.0554. The van der Waals surface area contributed by atoms with Crippen molar-refractivity contribution in [2.45, 2.75) is 49.9 Å². The third kappa shape index (κ3) is 5.63. The Morgan fingerprint density at radius 3 is 2.48 bits per heavy atom. The number of benzene rings is 2. The number of aromatic nitrogens is 1. The number of piperidine rings is 1. The summed E-state index contributed by atoms with van der Waals surface area (Å²) in [4.78, 5) is 21.5. The topological polar surface area (TPSA) is 57.8 Å². The first kappa shape index (κ1) is 27.3. The number of hydrogen-bond acceptors (Lipinski definition) is 4. The van der Waals surface area contributed by atoms with E-state index < -0.39 is 6.09 Å². The van der Waals surface area contributed by atoms with Gasteiger partial charge in [-0.2, -0.15) is 0 Å². The van der Waals surface area contributed by atoms with Gasteiger partial charge in [-0.25, -0.2) is 4.79 Å². The third-order valence-electron chi connectivity index (χ3n) is 8.35. The summed E-state index contributed by atoms with van der Waals surface area (Å²) >= 11 is 12.7. The van der Waals surface area contributed by atoms with Gasteiger partial charge in [-0.3, -0.25) is 9.80 Å². The molecule has 1 N–H and O–H groups in total. The van der Waals surface area contributed by atoms with E-state index in [2.05, 4.69) is 35.0 Å². The van der Waals surface area contributed by atoms with E-state index in [0.29, 0.717) is 23.9 Å². The normalized spacial score (nSPS) is 22.5. The number of fused-ring (bicyclic) bond motifs is 3. The van der Waals surface area contributed by atoms with Crippen LogP contribution in [0.2, 0.25) is 5.02 Å². The van der Waals surface area contributed by atoms with E-state index in [0.717, 1.165) is 48.8 Å². The number of carbonyl (C=O) groups is 1. The van der Waals surface area contributed by atoms with Gasteiger partial charge in [0.1, 0.15) is 24.1 Å². The predicted molar refractivity (Wildman–Crippen MR) is 160 cm³/mol. The van der Waals surface area contributed by atoms with E-state index in [1.807, 2.05) is 18.2 Å². The summed E-state index contributed by atoms with van der Waals surface area (Å²) < 4.78 is 11.9. The molecule has 6 nitrogen and oxygen atoms in total. The maximum Gasteiger partial charge on any atom is 0.416 e. The molecule has 210 valence electrons. The van der Waals surface area contributed by atoms with Crippen LogP contribution in [0.5, 0.6) is 11.5 Å². The number of carbonyl (C=O) groups excluding carboxylic acids is 1. The zero-order valence-electron chi connectivity index (χ0n) is 22.7. The molecule has 3 aliphatic rings.